The van der Waals surface area contributed by atoms with Crippen molar-refractivity contribution in [3.63, 3.8) is 0 Å². The molecular weight excluding hydrogens is 188 g/mol. The van der Waals surface area contributed by atoms with Crippen LogP contribution in [0.2, 0.25) is 0 Å². The molecule has 14 heavy (non-hydrogen) atoms. The van der Waals surface area contributed by atoms with Gasteiger partial charge in [0.25, 0.3) is 0 Å². The van der Waals surface area contributed by atoms with Crippen LogP contribution in [-0.2, 0) is 9.59 Å². The second kappa shape index (κ2) is 2.63. The first kappa shape index (κ1) is 8.36. The number of carbonyl (C=O) groups excluding carboxylic acids is 2. The van der Waals surface area contributed by atoms with Gasteiger partial charge >= 0.3 is 11.8 Å². The summed E-state index contributed by atoms with van der Waals surface area (Å²) < 4.78 is 0. The molecule has 0 saturated carbocycles. The van der Waals surface area contributed by atoms with E-state index in [9.17, 15) is 9.59 Å². The van der Waals surface area contributed by atoms with Crippen molar-refractivity contribution >= 4 is 23.2 Å². The molecule has 1 aromatic carbocycles. The quantitative estimate of drug-likeness (QED) is 0.302. The minimum Gasteiger partial charge on any atom is -0.504 e. The number of aromatic hydroxyl groups is 2. The number of nitrogens with zero attached hydrogens (tertiary/aromatic N) is 1. The molecule has 1 aliphatic rings. The number of anilines is 1. The van der Waals surface area contributed by atoms with Crippen molar-refractivity contribution in [3.05, 3.63) is 12.1 Å². The van der Waals surface area contributed by atoms with Crippen molar-refractivity contribution in [1.29, 1.82) is 0 Å². The number of phenolic OH excluding ortho intramolecular Hbond substituents is 2. The molecule has 0 fully saturated rings. The van der Waals surface area contributed by atoms with Gasteiger partial charge < -0.3 is 15.5 Å². The summed E-state index contributed by atoms with van der Waals surface area (Å²) in [4.78, 5) is 21.7. The number of hydrogen-bond donors (Lipinski definition) is 3. The fourth-order valence-corrected chi connectivity index (χ4v) is 1.09. The zero-order chi connectivity index (χ0) is 10.3. The molecule has 2 rings (SSSR count). The summed E-state index contributed by atoms with van der Waals surface area (Å²) in [7, 11) is 0. The topological polar surface area (TPSA) is 101 Å². The summed E-state index contributed by atoms with van der Waals surface area (Å²) in [5.41, 5.74) is 0.329. The van der Waals surface area contributed by atoms with Gasteiger partial charge in [-0.3, -0.25) is 9.59 Å². The van der Waals surface area contributed by atoms with E-state index >= 15 is 0 Å². The predicted octanol–water partition coefficient (Wildman–Crippen LogP) is -0.188. The van der Waals surface area contributed by atoms with Crippen molar-refractivity contribution < 1.29 is 19.8 Å². The molecule has 1 aromatic rings. The van der Waals surface area contributed by atoms with Gasteiger partial charge in [0.05, 0.1) is 11.4 Å². The normalized spacial score (nSPS) is 14.3. The van der Waals surface area contributed by atoms with E-state index in [0.29, 0.717) is 0 Å². The number of fused-ring (bicyclic) bond motifs is 1. The highest BCUT2D eigenvalue weighted by atomic mass is 16.3. The highest BCUT2D eigenvalue weighted by Crippen LogP contribution is 2.36. The van der Waals surface area contributed by atoms with E-state index in [4.69, 9.17) is 10.2 Å². The Balaban J connectivity index is 2.53. The summed E-state index contributed by atoms with van der Waals surface area (Å²) in [5.74, 6) is -2.56. The number of amides is 2. The predicted molar refractivity (Wildman–Crippen MR) is 45.2 cm³/mol. The fraction of sp³-hybridized carbons (Fsp3) is 0. The minimum absolute atomic E-state index is 0.130. The van der Waals surface area contributed by atoms with Gasteiger partial charge in [-0.2, -0.15) is 0 Å². The minimum atomic E-state index is -0.928. The van der Waals surface area contributed by atoms with Crippen LogP contribution in [0.5, 0.6) is 11.5 Å². The lowest BCUT2D eigenvalue weighted by Gasteiger charge is -2.15. The molecule has 1 radical (unpaired) electrons. The number of rotatable bonds is 0. The molecule has 0 unspecified atom stereocenters. The zero-order valence-electron chi connectivity index (χ0n) is 6.81. The molecule has 0 spiro atoms. The zero-order valence-corrected chi connectivity index (χ0v) is 6.81. The monoisotopic (exact) mass is 193 g/mol. The molecule has 71 valence electrons. The number of hydrogen-bond acceptors (Lipinski definition) is 4. The molecule has 0 atom stereocenters. The lowest BCUT2D eigenvalue weighted by atomic mass is 10.2. The first-order valence-electron chi connectivity index (χ1n) is 3.71. The van der Waals surface area contributed by atoms with Crippen LogP contribution in [0.25, 0.3) is 0 Å². The molecular formula is C8H5N2O4. The van der Waals surface area contributed by atoms with Crippen molar-refractivity contribution in [1.82, 2.24) is 5.32 Å². The van der Waals surface area contributed by atoms with Gasteiger partial charge in [-0.15, -0.1) is 0 Å². The van der Waals surface area contributed by atoms with Crippen LogP contribution in [0.1, 0.15) is 0 Å². The molecule has 2 amide bonds. The Morgan fingerprint density at radius 3 is 2.50 bits per heavy atom. The third kappa shape index (κ3) is 1.13. The Hall–Kier alpha value is -2.24. The summed E-state index contributed by atoms with van der Waals surface area (Å²) in [6, 6.07) is 2.22. The number of carbonyl (C=O) groups is 2. The maximum atomic E-state index is 10.9. The number of phenols is 2. The van der Waals surface area contributed by atoms with Crippen molar-refractivity contribution in [3.8, 4) is 11.5 Å². The Bertz CT molecular complexity index is 400. The molecule has 6 nitrogen and oxygen atoms in total. The van der Waals surface area contributed by atoms with Crippen molar-refractivity contribution in [2.45, 2.75) is 0 Å². The van der Waals surface area contributed by atoms with Crippen LogP contribution in [0.4, 0.5) is 11.4 Å². The molecule has 0 aromatic heterocycles. The second-order valence-electron chi connectivity index (χ2n) is 2.73. The third-order valence-electron chi connectivity index (χ3n) is 1.76. The van der Waals surface area contributed by atoms with Gasteiger partial charge in [0.15, 0.2) is 11.5 Å². The van der Waals surface area contributed by atoms with Crippen LogP contribution >= 0.6 is 0 Å². The Labute approximate surface area is 78.2 Å². The highest BCUT2D eigenvalue weighted by Gasteiger charge is 2.25. The molecule has 1 aliphatic heterocycles. The maximum Gasteiger partial charge on any atom is 0.335 e. The van der Waals surface area contributed by atoms with E-state index in [1.807, 2.05) is 0 Å². The number of nitrogens with one attached hydrogen (secondary N) is 1. The lowest BCUT2D eigenvalue weighted by Crippen LogP contribution is -2.33. The Kier molecular flexibility index (Phi) is 1.57. The van der Waals surface area contributed by atoms with Gasteiger partial charge in [-0.25, -0.2) is 5.32 Å². The van der Waals surface area contributed by atoms with Crippen LogP contribution in [0.3, 0.4) is 0 Å². The van der Waals surface area contributed by atoms with E-state index in [2.05, 4.69) is 10.6 Å². The van der Waals surface area contributed by atoms with E-state index in [0.717, 1.165) is 12.1 Å². The van der Waals surface area contributed by atoms with Crippen LogP contribution in [0, 0.1) is 0 Å². The summed E-state index contributed by atoms with van der Waals surface area (Å²) in [6.45, 7) is 0. The third-order valence-corrected chi connectivity index (χ3v) is 1.76. The first-order valence-corrected chi connectivity index (χ1v) is 3.71. The van der Waals surface area contributed by atoms with Crippen LogP contribution in [0.15, 0.2) is 12.1 Å². The number of benzene rings is 1. The first-order chi connectivity index (χ1) is 6.58. The maximum absolute atomic E-state index is 10.9. The summed E-state index contributed by atoms with van der Waals surface area (Å²) >= 11 is 0. The Morgan fingerprint density at radius 1 is 1.14 bits per heavy atom. The van der Waals surface area contributed by atoms with Crippen LogP contribution < -0.4 is 10.6 Å². The highest BCUT2D eigenvalue weighted by molar-refractivity contribution is 6.42. The molecule has 6 heteroatoms. The van der Waals surface area contributed by atoms with Gasteiger partial charge in [0.2, 0.25) is 0 Å². The fourth-order valence-electron chi connectivity index (χ4n) is 1.09. The molecule has 0 aliphatic carbocycles. The average molecular weight is 193 g/mol. The molecule has 0 bridgehead atoms. The smallest absolute Gasteiger partial charge is 0.335 e. The van der Waals surface area contributed by atoms with Gasteiger partial charge in [0, 0.05) is 12.1 Å². The van der Waals surface area contributed by atoms with E-state index in [1.54, 1.807) is 0 Å². The molecule has 1 heterocycles. The van der Waals surface area contributed by atoms with Gasteiger partial charge in [0.1, 0.15) is 0 Å². The summed E-state index contributed by atoms with van der Waals surface area (Å²) in [6.07, 6.45) is 0. The Morgan fingerprint density at radius 2 is 1.79 bits per heavy atom. The van der Waals surface area contributed by atoms with Crippen molar-refractivity contribution in [2.75, 3.05) is 5.32 Å². The average Bonchev–Trinajstić information content (AvgIpc) is 2.11. The largest absolute Gasteiger partial charge is 0.504 e. The van der Waals surface area contributed by atoms with E-state index in [-0.39, 0.29) is 17.1 Å². The SMILES string of the molecule is O=C1[N]c2cc(O)c(O)cc2NC1=O. The van der Waals surface area contributed by atoms with E-state index in [1.165, 1.54) is 0 Å². The summed E-state index contributed by atoms with van der Waals surface area (Å²) in [5, 5.41) is 23.8. The lowest BCUT2D eigenvalue weighted by molar-refractivity contribution is -0.135. The second-order valence-corrected chi connectivity index (χ2v) is 2.73. The van der Waals surface area contributed by atoms with Crippen LogP contribution in [-0.4, -0.2) is 22.0 Å². The standard InChI is InChI=1S/C8H5N2O4/c11-5-1-3-4(2-6(5)12)10-8(14)7(13)9-3/h1-2,11-12H,(H,9,13). The molecule has 0 saturated heterocycles. The van der Waals surface area contributed by atoms with Gasteiger partial charge in [-0.1, -0.05) is 0 Å². The van der Waals surface area contributed by atoms with Gasteiger partial charge in [-0.05, 0) is 0 Å². The van der Waals surface area contributed by atoms with Crippen molar-refractivity contribution in [2.24, 2.45) is 0 Å². The van der Waals surface area contributed by atoms with E-state index < -0.39 is 17.6 Å². The molecule has 3 N–H and O–H groups in total.